The van der Waals surface area contributed by atoms with Crippen molar-refractivity contribution in [2.75, 3.05) is 11.1 Å². The van der Waals surface area contributed by atoms with E-state index >= 15 is 0 Å². The Kier molecular flexibility index (Phi) is 8.24. The summed E-state index contributed by atoms with van der Waals surface area (Å²) in [6.45, 7) is 7.49. The van der Waals surface area contributed by atoms with E-state index < -0.39 is 11.7 Å². The molecule has 6 nitrogen and oxygen atoms in total. The van der Waals surface area contributed by atoms with E-state index in [-0.39, 0.29) is 29.5 Å². The minimum atomic E-state index is -4.44. The van der Waals surface area contributed by atoms with Crippen molar-refractivity contribution in [1.29, 1.82) is 0 Å². The monoisotopic (exact) mass is 437 g/mol. The number of hydrogen-bond donors (Lipinski definition) is 3. The molecule has 170 valence electrons. The van der Waals surface area contributed by atoms with Gasteiger partial charge in [0.05, 0.1) is 11.3 Å². The fourth-order valence-corrected chi connectivity index (χ4v) is 3.43. The third-order valence-electron chi connectivity index (χ3n) is 5.08. The normalized spacial score (nSPS) is 18.3. The van der Waals surface area contributed by atoms with Gasteiger partial charge in [-0.3, -0.25) is 4.79 Å². The minimum Gasteiger partial charge on any atom is -0.399 e. The lowest BCUT2D eigenvalue weighted by Crippen LogP contribution is -2.36. The van der Waals surface area contributed by atoms with Gasteiger partial charge in [-0.05, 0) is 63.8 Å². The van der Waals surface area contributed by atoms with E-state index in [0.29, 0.717) is 17.3 Å². The van der Waals surface area contributed by atoms with E-state index in [0.717, 1.165) is 12.6 Å². The zero-order chi connectivity index (χ0) is 23.2. The summed E-state index contributed by atoms with van der Waals surface area (Å²) in [6.07, 6.45) is -0.154. The van der Waals surface area contributed by atoms with Gasteiger partial charge in [0.1, 0.15) is 0 Å². The Labute approximate surface area is 180 Å². The summed E-state index contributed by atoms with van der Waals surface area (Å²) in [5.74, 6) is 1.24. The summed E-state index contributed by atoms with van der Waals surface area (Å²) < 4.78 is 37.6. The number of hydrogen-bond acceptors (Lipinski definition) is 5. The van der Waals surface area contributed by atoms with Crippen LogP contribution in [0.1, 0.15) is 51.3 Å². The zero-order valence-corrected chi connectivity index (χ0v) is 18.3. The number of alkyl halides is 3. The Morgan fingerprint density at radius 3 is 2.32 bits per heavy atom. The summed E-state index contributed by atoms with van der Waals surface area (Å²) in [5, 5.41) is 5.78. The van der Waals surface area contributed by atoms with Crippen molar-refractivity contribution in [2.24, 2.45) is 11.8 Å². The molecule has 2 atom stereocenters. The molecule has 1 aliphatic rings. The first-order valence-electron chi connectivity index (χ1n) is 10.3. The van der Waals surface area contributed by atoms with E-state index in [4.69, 9.17) is 5.73 Å². The molecule has 3 rings (SSSR count). The molecule has 1 unspecified atom stereocenters. The van der Waals surface area contributed by atoms with Crippen LogP contribution in [-0.2, 0) is 11.0 Å². The zero-order valence-electron chi connectivity index (χ0n) is 18.3. The molecule has 0 radical (unpaired) electrons. The van der Waals surface area contributed by atoms with E-state index in [1.54, 1.807) is 24.3 Å². The highest BCUT2D eigenvalue weighted by molar-refractivity contribution is 5.79. The van der Waals surface area contributed by atoms with Gasteiger partial charge in [-0.15, -0.1) is 0 Å². The number of nitrogens with two attached hydrogens (primary N) is 1. The van der Waals surface area contributed by atoms with Crippen molar-refractivity contribution >= 4 is 23.2 Å². The molecule has 1 saturated carbocycles. The molecule has 2 aromatic rings. The number of nitrogen functional groups attached to an aromatic ring is 1. The van der Waals surface area contributed by atoms with Crippen LogP contribution in [0.15, 0.2) is 30.5 Å². The molecule has 1 heterocycles. The second-order valence-electron chi connectivity index (χ2n) is 8.12. The smallest absolute Gasteiger partial charge is 0.399 e. The average Bonchev–Trinajstić information content (AvgIpc) is 3.09. The highest BCUT2D eigenvalue weighted by Crippen LogP contribution is 2.32. The molecule has 4 N–H and O–H groups in total. The van der Waals surface area contributed by atoms with Gasteiger partial charge in [0.2, 0.25) is 11.9 Å². The number of aryl methyl sites for hydroxylation is 1. The molecule has 1 amide bonds. The van der Waals surface area contributed by atoms with Crippen molar-refractivity contribution in [3.05, 3.63) is 41.7 Å². The number of carbonyl (C=O) groups is 1. The SMILES string of the molecule is CC(C)NC(=O)C1CCC[C@H]1C.Cc1nc(Nc2ccc(N)cc2)ncc1C(F)(F)F. The van der Waals surface area contributed by atoms with Crippen LogP contribution < -0.4 is 16.4 Å². The van der Waals surface area contributed by atoms with Crippen LogP contribution in [0, 0.1) is 18.8 Å². The first kappa shape index (κ1) is 24.4. The lowest BCUT2D eigenvalue weighted by Gasteiger charge is -2.16. The number of nitrogens with zero attached hydrogens (tertiary/aromatic N) is 2. The number of amides is 1. The molecule has 31 heavy (non-hydrogen) atoms. The fourth-order valence-electron chi connectivity index (χ4n) is 3.43. The number of nitrogens with one attached hydrogen (secondary N) is 2. The van der Waals surface area contributed by atoms with Gasteiger partial charge in [-0.25, -0.2) is 9.97 Å². The maximum Gasteiger partial charge on any atom is 0.419 e. The molecule has 1 aliphatic carbocycles. The molecule has 0 bridgehead atoms. The van der Waals surface area contributed by atoms with Crippen LogP contribution in [0.3, 0.4) is 0 Å². The number of anilines is 3. The predicted molar refractivity (Wildman–Crippen MR) is 116 cm³/mol. The predicted octanol–water partition coefficient (Wildman–Crippen LogP) is 5.08. The maximum absolute atomic E-state index is 12.5. The number of carbonyl (C=O) groups excluding carboxylic acids is 1. The van der Waals surface area contributed by atoms with Crippen LogP contribution in [0.25, 0.3) is 0 Å². The first-order valence-corrected chi connectivity index (χ1v) is 10.3. The number of rotatable bonds is 4. The summed E-state index contributed by atoms with van der Waals surface area (Å²) in [7, 11) is 0. The van der Waals surface area contributed by atoms with E-state index in [1.807, 2.05) is 13.8 Å². The van der Waals surface area contributed by atoms with Crippen molar-refractivity contribution in [3.63, 3.8) is 0 Å². The van der Waals surface area contributed by atoms with Crippen molar-refractivity contribution < 1.29 is 18.0 Å². The summed E-state index contributed by atoms with van der Waals surface area (Å²) in [5.41, 5.74) is 5.80. The van der Waals surface area contributed by atoms with E-state index in [2.05, 4.69) is 27.5 Å². The van der Waals surface area contributed by atoms with Gasteiger partial charge >= 0.3 is 6.18 Å². The molecule has 0 aliphatic heterocycles. The maximum atomic E-state index is 12.5. The quantitative estimate of drug-likeness (QED) is 0.580. The van der Waals surface area contributed by atoms with Crippen LogP contribution in [-0.4, -0.2) is 21.9 Å². The second kappa shape index (κ2) is 10.5. The molecular formula is C22H30F3N5O. The van der Waals surface area contributed by atoms with Crippen molar-refractivity contribution in [2.45, 2.75) is 59.2 Å². The number of aromatic nitrogens is 2. The highest BCUT2D eigenvalue weighted by Gasteiger charge is 2.33. The third kappa shape index (κ3) is 7.41. The fraction of sp³-hybridized carbons (Fsp3) is 0.500. The second-order valence-corrected chi connectivity index (χ2v) is 8.12. The number of benzene rings is 1. The van der Waals surface area contributed by atoms with Gasteiger partial charge in [0, 0.05) is 29.5 Å². The Morgan fingerprint density at radius 2 is 1.84 bits per heavy atom. The van der Waals surface area contributed by atoms with Gasteiger partial charge in [-0.1, -0.05) is 13.3 Å². The standard InChI is InChI=1S/C12H11F3N4.C10H19NO/c1-7-10(12(13,14)15)6-17-11(18-7)19-9-4-2-8(16)3-5-9;1-7(2)11-10(12)9-6-4-5-8(9)3/h2-6H,16H2,1H3,(H,17,18,19);7-9H,4-6H2,1-3H3,(H,11,12)/t;8-,9?/m.1/s1. The average molecular weight is 438 g/mol. The van der Waals surface area contributed by atoms with E-state index in [1.165, 1.54) is 19.8 Å². The lowest BCUT2D eigenvalue weighted by molar-refractivity contribution is -0.138. The first-order chi connectivity index (χ1) is 14.5. The summed E-state index contributed by atoms with van der Waals surface area (Å²) >= 11 is 0. The molecule has 1 aromatic heterocycles. The molecule has 1 fully saturated rings. The van der Waals surface area contributed by atoms with Crippen LogP contribution in [0.2, 0.25) is 0 Å². The van der Waals surface area contributed by atoms with E-state index in [9.17, 15) is 18.0 Å². The van der Waals surface area contributed by atoms with Gasteiger partial charge < -0.3 is 16.4 Å². The molecular weight excluding hydrogens is 407 g/mol. The molecule has 1 aromatic carbocycles. The highest BCUT2D eigenvalue weighted by atomic mass is 19.4. The minimum absolute atomic E-state index is 0.107. The van der Waals surface area contributed by atoms with Crippen LogP contribution in [0.4, 0.5) is 30.5 Å². The van der Waals surface area contributed by atoms with Gasteiger partial charge in [0.25, 0.3) is 0 Å². The van der Waals surface area contributed by atoms with Crippen molar-refractivity contribution in [1.82, 2.24) is 15.3 Å². The Bertz CT molecular complexity index is 868. The van der Waals surface area contributed by atoms with Crippen molar-refractivity contribution in [3.8, 4) is 0 Å². The number of halogens is 3. The summed E-state index contributed by atoms with van der Waals surface area (Å²) in [4.78, 5) is 19.0. The van der Waals surface area contributed by atoms with Gasteiger partial charge in [-0.2, -0.15) is 13.2 Å². The molecule has 0 saturated heterocycles. The Morgan fingerprint density at radius 1 is 1.19 bits per heavy atom. The molecule has 0 spiro atoms. The topological polar surface area (TPSA) is 92.9 Å². The van der Waals surface area contributed by atoms with Crippen LogP contribution in [0.5, 0.6) is 0 Å². The Hall–Kier alpha value is -2.84. The lowest BCUT2D eigenvalue weighted by atomic mass is 9.97. The van der Waals surface area contributed by atoms with Crippen LogP contribution >= 0.6 is 0 Å². The Balaban J connectivity index is 0.000000245. The van der Waals surface area contributed by atoms with Gasteiger partial charge in [0.15, 0.2) is 0 Å². The largest absolute Gasteiger partial charge is 0.419 e. The third-order valence-corrected chi connectivity index (χ3v) is 5.08. The summed E-state index contributed by atoms with van der Waals surface area (Å²) in [6, 6.07) is 6.99. The molecule has 9 heteroatoms.